The first kappa shape index (κ1) is 6.83. The number of nitrogens with zero attached hydrogens (tertiary/aromatic N) is 1. The summed E-state index contributed by atoms with van der Waals surface area (Å²) >= 11 is 0. The summed E-state index contributed by atoms with van der Waals surface area (Å²) < 4.78 is -0.260. The lowest BCUT2D eigenvalue weighted by atomic mass is 10.6. The molecule has 0 aliphatic heterocycles. The van der Waals surface area contributed by atoms with Gasteiger partial charge in [-0.25, -0.2) is 0 Å². The maximum atomic E-state index is 9.58. The van der Waals surface area contributed by atoms with Crippen LogP contribution in [-0.2, 0) is 0 Å². The second-order valence-corrected chi connectivity index (χ2v) is 2.35. The molecule has 7 heavy (non-hydrogen) atoms. The third kappa shape index (κ3) is 5.83. The number of rotatable bonds is 3. The van der Waals surface area contributed by atoms with Crippen LogP contribution in [0.25, 0.3) is 0 Å². The Morgan fingerprint density at radius 2 is 2.43 bits per heavy atom. The lowest BCUT2D eigenvalue weighted by Crippen LogP contribution is -1.80. The van der Waals surface area contributed by atoms with Crippen molar-refractivity contribution in [3.05, 3.63) is 10.1 Å². The Balaban J connectivity index is 2.82. The molecule has 0 fully saturated rings. The van der Waals surface area contributed by atoms with Crippen LogP contribution in [0.1, 0.15) is 13.3 Å². The van der Waals surface area contributed by atoms with Gasteiger partial charge in [-0.1, -0.05) is 6.92 Å². The summed E-state index contributed by atoms with van der Waals surface area (Å²) in [5.41, 5.74) is 0. The van der Waals surface area contributed by atoms with Crippen LogP contribution in [-0.4, -0.2) is 10.9 Å². The quantitative estimate of drug-likeness (QED) is 0.320. The average Bonchev–Trinajstić information content (AvgIpc) is 1.61. The first-order valence-corrected chi connectivity index (χ1v) is 3.30. The van der Waals surface area contributed by atoms with Crippen LogP contribution >= 0.6 is 8.73 Å². The third-order valence-electron chi connectivity index (χ3n) is 0.491. The molecule has 0 spiro atoms. The first-order valence-electron chi connectivity index (χ1n) is 2.15. The lowest BCUT2D eigenvalue weighted by molar-refractivity contribution is -0.295. The minimum absolute atomic E-state index is 0.0891. The van der Waals surface area contributed by atoms with Crippen molar-refractivity contribution in [2.45, 2.75) is 13.3 Å². The summed E-state index contributed by atoms with van der Waals surface area (Å²) in [4.78, 5) is 9.58. The highest BCUT2D eigenvalue weighted by molar-refractivity contribution is 7.30. The van der Waals surface area contributed by atoms with Gasteiger partial charge in [0, 0.05) is 10.9 Å². The van der Waals surface area contributed by atoms with Crippen molar-refractivity contribution < 1.29 is 4.69 Å². The second kappa shape index (κ2) is 4.00. The van der Waals surface area contributed by atoms with E-state index < -0.39 is 0 Å². The summed E-state index contributed by atoms with van der Waals surface area (Å²) in [7, 11) is -0.0891. The molecule has 0 aliphatic carbocycles. The molecule has 0 aromatic carbocycles. The van der Waals surface area contributed by atoms with Gasteiger partial charge < -0.3 is 0 Å². The topological polar surface area (TPSA) is 43.1 Å². The fourth-order valence-corrected chi connectivity index (χ4v) is 0.609. The van der Waals surface area contributed by atoms with E-state index in [4.69, 9.17) is 0 Å². The maximum Gasteiger partial charge on any atom is 0.236 e. The molecule has 3 nitrogen and oxygen atoms in total. The van der Waals surface area contributed by atoms with Gasteiger partial charge in [-0.05, 0) is 6.42 Å². The highest BCUT2D eigenvalue weighted by Gasteiger charge is 1.92. The van der Waals surface area contributed by atoms with Crippen LogP contribution in [0.5, 0.6) is 0 Å². The molecule has 1 unspecified atom stereocenters. The van der Waals surface area contributed by atoms with Crippen LogP contribution in [0.3, 0.4) is 0 Å². The minimum atomic E-state index is -0.260. The Morgan fingerprint density at radius 1 is 1.86 bits per heavy atom. The van der Waals surface area contributed by atoms with Gasteiger partial charge in [0.1, 0.15) is 0 Å². The Morgan fingerprint density at radius 3 is 2.57 bits per heavy atom. The van der Waals surface area contributed by atoms with Crippen molar-refractivity contribution in [1.82, 2.24) is 0 Å². The zero-order valence-electron chi connectivity index (χ0n) is 4.18. The summed E-state index contributed by atoms with van der Waals surface area (Å²) in [5, 5.41) is 9.58. The standard InChI is InChI=1S/C3H8NO2P/c1-2-3-7-4(5)6/h7H,2-3H2,1H3. The average molecular weight is 121 g/mol. The molecule has 0 rings (SSSR count). The van der Waals surface area contributed by atoms with E-state index in [1.807, 2.05) is 6.92 Å². The number of nitro groups is 1. The predicted octanol–water partition coefficient (Wildman–Crippen LogP) is 1.27. The van der Waals surface area contributed by atoms with E-state index >= 15 is 0 Å². The van der Waals surface area contributed by atoms with Crippen molar-refractivity contribution in [3.63, 3.8) is 0 Å². The van der Waals surface area contributed by atoms with Crippen molar-refractivity contribution in [1.29, 1.82) is 0 Å². The third-order valence-corrected chi connectivity index (χ3v) is 1.47. The summed E-state index contributed by atoms with van der Waals surface area (Å²) in [6.45, 7) is 1.94. The van der Waals surface area contributed by atoms with Crippen molar-refractivity contribution in [3.8, 4) is 0 Å². The predicted molar refractivity (Wildman–Crippen MR) is 30.5 cm³/mol. The van der Waals surface area contributed by atoms with Crippen molar-refractivity contribution in [2.24, 2.45) is 0 Å². The number of hydrogen-bond donors (Lipinski definition) is 0. The van der Waals surface area contributed by atoms with E-state index in [-0.39, 0.29) is 13.4 Å². The summed E-state index contributed by atoms with van der Waals surface area (Å²) in [6.07, 6.45) is 1.65. The van der Waals surface area contributed by atoms with Gasteiger partial charge in [-0.2, -0.15) is 0 Å². The molecule has 0 amide bonds. The van der Waals surface area contributed by atoms with Crippen LogP contribution < -0.4 is 0 Å². The summed E-state index contributed by atoms with van der Waals surface area (Å²) in [6, 6.07) is 0. The van der Waals surface area contributed by atoms with Crippen LogP contribution in [0.15, 0.2) is 0 Å². The monoisotopic (exact) mass is 121 g/mol. The highest BCUT2D eigenvalue weighted by atomic mass is 31.1. The van der Waals surface area contributed by atoms with Gasteiger partial charge in [-0.3, -0.25) is 10.1 Å². The fourth-order valence-electron chi connectivity index (χ4n) is 0.203. The largest absolute Gasteiger partial charge is 0.264 e. The molecule has 0 saturated carbocycles. The van der Waals surface area contributed by atoms with Crippen LogP contribution in [0, 0.1) is 10.1 Å². The Bertz CT molecular complexity index is 66.0. The lowest BCUT2D eigenvalue weighted by Gasteiger charge is -1.83. The summed E-state index contributed by atoms with van der Waals surface area (Å²) in [5.74, 6) is 0. The van der Waals surface area contributed by atoms with Crippen LogP contribution in [0.4, 0.5) is 0 Å². The number of hydrogen-bond acceptors (Lipinski definition) is 2. The molecular formula is C3H8NO2P. The molecule has 0 aromatic rings. The molecule has 42 valence electrons. The molecule has 0 N–H and O–H groups in total. The molecule has 0 bridgehead atoms. The SMILES string of the molecule is CCCP[N+](=O)[O-]. The van der Waals surface area contributed by atoms with Gasteiger partial charge in [0.25, 0.3) is 0 Å². The van der Waals surface area contributed by atoms with E-state index in [2.05, 4.69) is 0 Å². The van der Waals surface area contributed by atoms with Crippen molar-refractivity contribution >= 4 is 8.73 Å². The van der Waals surface area contributed by atoms with Gasteiger partial charge in [-0.15, -0.1) is 0 Å². The van der Waals surface area contributed by atoms with Gasteiger partial charge in [0.15, 0.2) is 0 Å². The van der Waals surface area contributed by atoms with Gasteiger partial charge in [0.2, 0.25) is 8.73 Å². The molecular weight excluding hydrogens is 113 g/mol. The van der Waals surface area contributed by atoms with E-state index in [1.165, 1.54) is 0 Å². The van der Waals surface area contributed by atoms with Gasteiger partial charge >= 0.3 is 0 Å². The molecule has 0 heterocycles. The Labute approximate surface area is 44.1 Å². The van der Waals surface area contributed by atoms with Gasteiger partial charge in [0.05, 0.1) is 0 Å². The van der Waals surface area contributed by atoms with E-state index in [0.29, 0.717) is 0 Å². The van der Waals surface area contributed by atoms with E-state index in [1.54, 1.807) is 0 Å². The minimum Gasteiger partial charge on any atom is -0.264 e. The highest BCUT2D eigenvalue weighted by Crippen LogP contribution is 2.09. The first-order chi connectivity index (χ1) is 3.27. The van der Waals surface area contributed by atoms with E-state index in [9.17, 15) is 10.1 Å². The second-order valence-electron chi connectivity index (χ2n) is 1.17. The molecule has 0 radical (unpaired) electrons. The molecule has 4 heteroatoms. The Kier molecular flexibility index (Phi) is 3.90. The fraction of sp³-hybridized carbons (Fsp3) is 1.00. The maximum absolute atomic E-state index is 9.58. The van der Waals surface area contributed by atoms with Crippen molar-refractivity contribution in [2.75, 3.05) is 6.16 Å². The molecule has 0 saturated heterocycles. The zero-order chi connectivity index (χ0) is 5.70. The Hall–Kier alpha value is -0.170. The smallest absolute Gasteiger partial charge is 0.236 e. The normalized spacial score (nSPS) is 10.4. The molecule has 0 aromatic heterocycles. The molecule has 1 atom stereocenters. The van der Waals surface area contributed by atoms with E-state index in [0.717, 1.165) is 12.6 Å². The zero-order valence-corrected chi connectivity index (χ0v) is 5.18. The molecule has 0 aliphatic rings. The van der Waals surface area contributed by atoms with Crippen LogP contribution in [0.2, 0.25) is 0 Å².